The third kappa shape index (κ3) is 2.62. The van der Waals surface area contributed by atoms with Crippen LogP contribution in [0.1, 0.15) is 24.0 Å². The average molecular weight is 313 g/mol. The van der Waals surface area contributed by atoms with E-state index in [0.717, 1.165) is 0 Å². The molecule has 0 nitrogen and oxygen atoms in total. The van der Waals surface area contributed by atoms with E-state index in [4.69, 9.17) is 0 Å². The summed E-state index contributed by atoms with van der Waals surface area (Å²) >= 11 is 1.69. The van der Waals surface area contributed by atoms with Crippen molar-refractivity contribution in [3.8, 4) is 0 Å². The second kappa shape index (κ2) is 4.08. The standard InChI is InChI=1S/C10H9F3I/c1-6(2)7-3-4-9(14)8(5-7)10(11,12)13/h3-6H,1H2,2H3. The summed E-state index contributed by atoms with van der Waals surface area (Å²) in [5.74, 6) is -0.131. The molecule has 0 aliphatic heterocycles. The molecular formula is C10H9F3I. The van der Waals surface area contributed by atoms with Gasteiger partial charge >= 0.3 is 6.18 Å². The predicted molar refractivity (Wildman–Crippen MR) is 57.9 cm³/mol. The molecule has 1 unspecified atom stereocenters. The van der Waals surface area contributed by atoms with Crippen molar-refractivity contribution < 1.29 is 13.2 Å². The van der Waals surface area contributed by atoms with Gasteiger partial charge in [0, 0.05) is 3.57 Å². The molecule has 4 heteroatoms. The second-order valence-corrected chi connectivity index (χ2v) is 4.30. The van der Waals surface area contributed by atoms with Crippen molar-refractivity contribution in [1.29, 1.82) is 0 Å². The maximum atomic E-state index is 12.5. The predicted octanol–water partition coefficient (Wildman–Crippen LogP) is 4.25. The van der Waals surface area contributed by atoms with E-state index in [-0.39, 0.29) is 9.49 Å². The zero-order valence-corrected chi connectivity index (χ0v) is 9.69. The topological polar surface area (TPSA) is 0 Å². The first-order valence-electron chi connectivity index (χ1n) is 4.02. The van der Waals surface area contributed by atoms with E-state index < -0.39 is 11.7 Å². The van der Waals surface area contributed by atoms with Gasteiger partial charge in [-0.3, -0.25) is 0 Å². The fourth-order valence-corrected chi connectivity index (χ4v) is 1.71. The first-order chi connectivity index (χ1) is 6.32. The van der Waals surface area contributed by atoms with E-state index in [1.807, 2.05) is 0 Å². The van der Waals surface area contributed by atoms with Crippen LogP contribution < -0.4 is 0 Å². The van der Waals surface area contributed by atoms with Crippen molar-refractivity contribution >= 4 is 22.6 Å². The summed E-state index contributed by atoms with van der Waals surface area (Å²) in [7, 11) is 0. The fourth-order valence-electron chi connectivity index (χ4n) is 1.07. The molecule has 0 aliphatic rings. The quantitative estimate of drug-likeness (QED) is 0.680. The van der Waals surface area contributed by atoms with Gasteiger partial charge in [-0.25, -0.2) is 0 Å². The first kappa shape index (κ1) is 11.8. The van der Waals surface area contributed by atoms with Crippen molar-refractivity contribution in [2.75, 3.05) is 0 Å². The Morgan fingerprint density at radius 2 is 1.93 bits per heavy atom. The molecule has 1 rings (SSSR count). The van der Waals surface area contributed by atoms with Crippen molar-refractivity contribution in [2.45, 2.75) is 19.0 Å². The number of alkyl halides is 3. The number of rotatable bonds is 1. The molecule has 1 aromatic rings. The lowest BCUT2D eigenvalue weighted by Gasteiger charge is -2.12. The molecule has 0 saturated heterocycles. The minimum absolute atomic E-state index is 0.131. The molecule has 0 N–H and O–H groups in total. The molecule has 1 atom stereocenters. The molecule has 1 aromatic carbocycles. The highest BCUT2D eigenvalue weighted by atomic mass is 127. The summed E-state index contributed by atoms with van der Waals surface area (Å²) in [6.07, 6.45) is -4.28. The lowest BCUT2D eigenvalue weighted by molar-refractivity contribution is -0.138. The zero-order valence-electron chi connectivity index (χ0n) is 7.53. The lowest BCUT2D eigenvalue weighted by Crippen LogP contribution is -2.08. The van der Waals surface area contributed by atoms with Gasteiger partial charge in [0.2, 0.25) is 0 Å². The summed E-state index contributed by atoms with van der Waals surface area (Å²) in [5.41, 5.74) is 0.0313. The van der Waals surface area contributed by atoms with Crippen LogP contribution in [0, 0.1) is 10.5 Å². The largest absolute Gasteiger partial charge is 0.417 e. The smallest absolute Gasteiger partial charge is 0.166 e. The summed E-state index contributed by atoms with van der Waals surface area (Å²) in [6, 6.07) is 4.31. The van der Waals surface area contributed by atoms with Crippen molar-refractivity contribution in [2.24, 2.45) is 0 Å². The Bertz CT molecular complexity index is 329. The Kier molecular flexibility index (Phi) is 3.44. The Morgan fingerprint density at radius 1 is 1.36 bits per heavy atom. The lowest BCUT2D eigenvalue weighted by atomic mass is 10.0. The maximum absolute atomic E-state index is 12.5. The van der Waals surface area contributed by atoms with E-state index in [2.05, 4.69) is 6.92 Å². The van der Waals surface area contributed by atoms with E-state index in [1.54, 1.807) is 35.6 Å². The van der Waals surface area contributed by atoms with Gasteiger partial charge in [0.05, 0.1) is 5.56 Å². The van der Waals surface area contributed by atoms with Gasteiger partial charge in [-0.1, -0.05) is 13.0 Å². The van der Waals surface area contributed by atoms with Crippen LogP contribution in [0.4, 0.5) is 13.2 Å². The highest BCUT2D eigenvalue weighted by Gasteiger charge is 2.33. The molecule has 0 heterocycles. The van der Waals surface area contributed by atoms with Crippen LogP contribution in [0.2, 0.25) is 0 Å². The third-order valence-electron chi connectivity index (χ3n) is 1.86. The number of hydrogen-bond acceptors (Lipinski definition) is 0. The van der Waals surface area contributed by atoms with Crippen LogP contribution in [0.3, 0.4) is 0 Å². The summed E-state index contributed by atoms with van der Waals surface area (Å²) in [5, 5.41) is 0. The van der Waals surface area contributed by atoms with Crippen molar-refractivity contribution in [1.82, 2.24) is 0 Å². The molecule has 77 valence electrons. The molecule has 0 bridgehead atoms. The van der Waals surface area contributed by atoms with Gasteiger partial charge in [-0.2, -0.15) is 13.2 Å². The monoisotopic (exact) mass is 313 g/mol. The van der Waals surface area contributed by atoms with Crippen LogP contribution >= 0.6 is 22.6 Å². The van der Waals surface area contributed by atoms with Crippen LogP contribution in [-0.4, -0.2) is 0 Å². The van der Waals surface area contributed by atoms with E-state index >= 15 is 0 Å². The SMILES string of the molecule is [CH2]C(C)c1ccc(I)c(C(F)(F)F)c1. The first-order valence-corrected chi connectivity index (χ1v) is 5.10. The summed E-state index contributed by atoms with van der Waals surface area (Å²) in [6.45, 7) is 5.46. The van der Waals surface area contributed by atoms with Gasteiger partial charge < -0.3 is 0 Å². The highest BCUT2D eigenvalue weighted by Crippen LogP contribution is 2.34. The minimum Gasteiger partial charge on any atom is -0.166 e. The van der Waals surface area contributed by atoms with Crippen LogP contribution in [0.25, 0.3) is 0 Å². The van der Waals surface area contributed by atoms with Gasteiger partial charge in [-0.05, 0) is 53.1 Å². The Hall–Kier alpha value is -0.260. The second-order valence-electron chi connectivity index (χ2n) is 3.14. The van der Waals surface area contributed by atoms with E-state index in [1.165, 1.54) is 12.1 Å². The van der Waals surface area contributed by atoms with Gasteiger partial charge in [0.1, 0.15) is 0 Å². The Morgan fingerprint density at radius 3 is 2.36 bits per heavy atom. The molecule has 0 spiro atoms. The normalized spacial score (nSPS) is 12.2. The fraction of sp³-hybridized carbons (Fsp3) is 0.300. The minimum atomic E-state index is -4.28. The molecule has 0 aromatic heterocycles. The molecule has 0 saturated carbocycles. The Balaban J connectivity index is 3.22. The van der Waals surface area contributed by atoms with Crippen molar-refractivity contribution in [3.63, 3.8) is 0 Å². The van der Waals surface area contributed by atoms with Crippen LogP contribution in [0.5, 0.6) is 0 Å². The molecule has 0 aliphatic carbocycles. The van der Waals surface area contributed by atoms with Crippen LogP contribution in [-0.2, 0) is 6.18 Å². The Labute approximate surface area is 94.6 Å². The van der Waals surface area contributed by atoms with Gasteiger partial charge in [0.15, 0.2) is 0 Å². The molecule has 14 heavy (non-hydrogen) atoms. The maximum Gasteiger partial charge on any atom is 0.417 e. The highest BCUT2D eigenvalue weighted by molar-refractivity contribution is 14.1. The number of hydrogen-bond donors (Lipinski definition) is 0. The number of benzene rings is 1. The van der Waals surface area contributed by atoms with Gasteiger partial charge in [-0.15, -0.1) is 0 Å². The van der Waals surface area contributed by atoms with Crippen molar-refractivity contribution in [3.05, 3.63) is 39.8 Å². The number of halogens is 4. The van der Waals surface area contributed by atoms with Crippen LogP contribution in [0.15, 0.2) is 18.2 Å². The third-order valence-corrected chi connectivity index (χ3v) is 2.81. The van der Waals surface area contributed by atoms with E-state index in [9.17, 15) is 13.2 Å². The zero-order chi connectivity index (χ0) is 10.9. The molecule has 1 radical (unpaired) electrons. The molecular weight excluding hydrogens is 304 g/mol. The summed E-state index contributed by atoms with van der Waals surface area (Å²) < 4.78 is 37.6. The summed E-state index contributed by atoms with van der Waals surface area (Å²) in [4.78, 5) is 0. The molecule has 0 fully saturated rings. The van der Waals surface area contributed by atoms with Gasteiger partial charge in [0.25, 0.3) is 0 Å². The average Bonchev–Trinajstić information content (AvgIpc) is 2.02. The van der Waals surface area contributed by atoms with E-state index in [0.29, 0.717) is 5.56 Å². The molecule has 0 amide bonds.